The Morgan fingerprint density at radius 3 is 0.932 bits per heavy atom. The lowest BCUT2D eigenvalue weighted by Gasteiger charge is -2.18. The number of unbranched alkanes of at least 4 members (excludes halogenated alkanes) is 25. The van der Waals surface area contributed by atoms with Crippen molar-refractivity contribution in [3.05, 3.63) is 109 Å². The minimum atomic E-state index is -0.822. The van der Waals surface area contributed by atoms with Gasteiger partial charge in [-0.05, 0) is 109 Å². The fourth-order valence-corrected chi connectivity index (χ4v) is 8.27. The summed E-state index contributed by atoms with van der Waals surface area (Å²) < 4.78 is 16.8. The van der Waals surface area contributed by atoms with E-state index in [1.165, 1.54) is 128 Å². The average Bonchev–Trinajstić information content (AvgIpc) is 3.39. The largest absolute Gasteiger partial charge is 0.462 e. The zero-order valence-corrected chi connectivity index (χ0v) is 47.6. The van der Waals surface area contributed by atoms with Crippen LogP contribution in [0.5, 0.6) is 0 Å². The highest BCUT2D eigenvalue weighted by molar-refractivity contribution is 5.71. The Hall–Kier alpha value is -3.93. The smallest absolute Gasteiger partial charge is 0.306 e. The lowest BCUT2D eigenvalue weighted by Crippen LogP contribution is -2.30. The van der Waals surface area contributed by atoms with Crippen LogP contribution in [0.2, 0.25) is 0 Å². The van der Waals surface area contributed by atoms with Crippen molar-refractivity contribution in [2.24, 2.45) is 0 Å². The molecule has 0 saturated carbocycles. The fourth-order valence-electron chi connectivity index (χ4n) is 8.27. The Morgan fingerprint density at radius 1 is 0.288 bits per heavy atom. The third kappa shape index (κ3) is 58.8. The van der Waals surface area contributed by atoms with E-state index in [1.54, 1.807) is 0 Å². The van der Waals surface area contributed by atoms with Gasteiger partial charge in [0.2, 0.25) is 0 Å². The quantitative estimate of drug-likeness (QED) is 0.0261. The molecule has 0 aromatic carbocycles. The van der Waals surface area contributed by atoms with Gasteiger partial charge < -0.3 is 14.2 Å². The summed E-state index contributed by atoms with van der Waals surface area (Å²) in [5.41, 5.74) is 0. The highest BCUT2D eigenvalue weighted by atomic mass is 16.6. The summed E-state index contributed by atoms with van der Waals surface area (Å²) >= 11 is 0. The van der Waals surface area contributed by atoms with Gasteiger partial charge in [-0.3, -0.25) is 14.4 Å². The Balaban J connectivity index is 4.37. The topological polar surface area (TPSA) is 78.9 Å². The number of hydrogen-bond donors (Lipinski definition) is 0. The summed E-state index contributed by atoms with van der Waals surface area (Å²) in [4.78, 5) is 38.2. The first-order valence-corrected chi connectivity index (χ1v) is 30.4. The standard InChI is InChI=1S/C67H112O6/c1-4-7-10-13-16-19-22-25-27-29-30-31-32-33-34-35-36-38-39-42-45-48-51-54-57-60-66(69)72-63-64(62-71-65(68)59-56-53-50-47-44-41-24-21-18-15-12-9-6-3)73-67(70)61-58-55-52-49-46-43-40-37-28-26-23-20-17-14-11-8-5-2/h8-9,11-12,17-18,20-21,26,28-30,40-41,43-44,50,53,64H,4-7,10,13-16,19,22-25,27,31-39,42,45-49,51-52,54-63H2,1-3H3/b11-8-,12-9-,20-17-,21-18-,28-26-,30-29-,43-40-,44-41-,53-50-. The molecular weight excluding hydrogens is 901 g/mol. The van der Waals surface area contributed by atoms with Gasteiger partial charge in [0.25, 0.3) is 0 Å². The molecule has 1 atom stereocenters. The van der Waals surface area contributed by atoms with Crippen LogP contribution >= 0.6 is 0 Å². The summed E-state index contributed by atoms with van der Waals surface area (Å²) in [6, 6.07) is 0. The minimum absolute atomic E-state index is 0.111. The molecule has 0 N–H and O–H groups in total. The number of hydrogen-bond acceptors (Lipinski definition) is 6. The van der Waals surface area contributed by atoms with E-state index in [2.05, 4.69) is 118 Å². The number of allylic oxidation sites excluding steroid dienone is 18. The van der Waals surface area contributed by atoms with Gasteiger partial charge in [-0.15, -0.1) is 0 Å². The Bertz CT molecular complexity index is 1490. The van der Waals surface area contributed by atoms with Crippen LogP contribution in [0.15, 0.2) is 109 Å². The average molecular weight is 1010 g/mol. The predicted octanol–water partition coefficient (Wildman–Crippen LogP) is 20.7. The Labute approximate surface area is 450 Å². The van der Waals surface area contributed by atoms with Gasteiger partial charge in [0.15, 0.2) is 6.10 Å². The summed E-state index contributed by atoms with van der Waals surface area (Å²) in [5.74, 6) is -1.02. The molecule has 0 aromatic heterocycles. The van der Waals surface area contributed by atoms with Crippen LogP contribution in [0, 0.1) is 0 Å². The van der Waals surface area contributed by atoms with Crippen molar-refractivity contribution in [2.75, 3.05) is 13.2 Å². The van der Waals surface area contributed by atoms with E-state index in [-0.39, 0.29) is 44.0 Å². The molecule has 1 unspecified atom stereocenters. The first-order chi connectivity index (χ1) is 36.0. The molecule has 416 valence electrons. The maximum atomic E-state index is 12.9. The number of carbonyl (C=O) groups is 3. The van der Waals surface area contributed by atoms with E-state index in [0.717, 1.165) is 103 Å². The molecule has 0 radical (unpaired) electrons. The molecule has 73 heavy (non-hydrogen) atoms. The Kier molecular flexibility index (Phi) is 57.4. The van der Waals surface area contributed by atoms with E-state index >= 15 is 0 Å². The van der Waals surface area contributed by atoms with Crippen LogP contribution in [0.25, 0.3) is 0 Å². The third-order valence-electron chi connectivity index (χ3n) is 12.8. The van der Waals surface area contributed by atoms with E-state index in [1.807, 2.05) is 12.2 Å². The maximum Gasteiger partial charge on any atom is 0.306 e. The first kappa shape index (κ1) is 69.1. The van der Waals surface area contributed by atoms with Gasteiger partial charge in [0.05, 0.1) is 0 Å². The predicted molar refractivity (Wildman–Crippen MR) is 316 cm³/mol. The van der Waals surface area contributed by atoms with Crippen LogP contribution in [0.4, 0.5) is 0 Å². The van der Waals surface area contributed by atoms with Gasteiger partial charge in [-0.1, -0.05) is 259 Å². The molecule has 0 bridgehead atoms. The van der Waals surface area contributed by atoms with Crippen molar-refractivity contribution in [1.82, 2.24) is 0 Å². The molecule has 6 nitrogen and oxygen atoms in total. The van der Waals surface area contributed by atoms with Crippen molar-refractivity contribution in [3.8, 4) is 0 Å². The van der Waals surface area contributed by atoms with Crippen LogP contribution < -0.4 is 0 Å². The van der Waals surface area contributed by atoms with Crippen LogP contribution in [0.1, 0.15) is 278 Å². The van der Waals surface area contributed by atoms with Crippen molar-refractivity contribution in [3.63, 3.8) is 0 Å². The maximum absolute atomic E-state index is 12.9. The molecule has 0 rings (SSSR count). The fraction of sp³-hybridized carbons (Fsp3) is 0.687. The lowest BCUT2D eigenvalue weighted by atomic mass is 10.0. The summed E-state index contributed by atoms with van der Waals surface area (Å²) in [7, 11) is 0. The van der Waals surface area contributed by atoms with Gasteiger partial charge in [0, 0.05) is 19.3 Å². The lowest BCUT2D eigenvalue weighted by molar-refractivity contribution is -0.166. The molecule has 6 heteroatoms. The molecule has 0 aliphatic carbocycles. The first-order valence-electron chi connectivity index (χ1n) is 30.4. The number of esters is 3. The van der Waals surface area contributed by atoms with Gasteiger partial charge >= 0.3 is 17.9 Å². The van der Waals surface area contributed by atoms with E-state index in [4.69, 9.17) is 14.2 Å². The number of carbonyl (C=O) groups excluding carboxylic acids is 3. The van der Waals surface area contributed by atoms with Gasteiger partial charge in [0.1, 0.15) is 13.2 Å². The highest BCUT2D eigenvalue weighted by Gasteiger charge is 2.19. The van der Waals surface area contributed by atoms with Crippen molar-refractivity contribution < 1.29 is 28.6 Å². The molecule has 0 fully saturated rings. The molecule has 0 saturated heterocycles. The molecule has 0 amide bonds. The summed E-state index contributed by atoms with van der Waals surface area (Å²) in [6.07, 6.45) is 82.6. The second-order valence-corrected chi connectivity index (χ2v) is 19.8. The van der Waals surface area contributed by atoms with Crippen molar-refractivity contribution in [1.29, 1.82) is 0 Å². The second-order valence-electron chi connectivity index (χ2n) is 19.8. The van der Waals surface area contributed by atoms with E-state index in [9.17, 15) is 14.4 Å². The minimum Gasteiger partial charge on any atom is -0.462 e. The van der Waals surface area contributed by atoms with Crippen molar-refractivity contribution >= 4 is 17.9 Å². The molecule has 0 heterocycles. The zero-order chi connectivity index (χ0) is 52.9. The van der Waals surface area contributed by atoms with E-state index in [0.29, 0.717) is 12.8 Å². The summed E-state index contributed by atoms with van der Waals surface area (Å²) in [6.45, 7) is 6.34. The molecule has 0 aromatic rings. The number of rotatable bonds is 54. The van der Waals surface area contributed by atoms with E-state index < -0.39 is 6.10 Å². The molecule has 0 aliphatic rings. The highest BCUT2D eigenvalue weighted by Crippen LogP contribution is 2.16. The Morgan fingerprint density at radius 2 is 0.562 bits per heavy atom. The van der Waals surface area contributed by atoms with Gasteiger partial charge in [-0.25, -0.2) is 0 Å². The summed E-state index contributed by atoms with van der Waals surface area (Å²) in [5, 5.41) is 0. The third-order valence-corrected chi connectivity index (χ3v) is 12.8. The zero-order valence-electron chi connectivity index (χ0n) is 47.6. The van der Waals surface area contributed by atoms with Gasteiger partial charge in [-0.2, -0.15) is 0 Å². The monoisotopic (exact) mass is 1010 g/mol. The second kappa shape index (κ2) is 60.6. The normalized spacial score (nSPS) is 12.9. The molecule has 0 spiro atoms. The molecular formula is C67H112O6. The van der Waals surface area contributed by atoms with Crippen LogP contribution in [-0.2, 0) is 28.6 Å². The van der Waals surface area contributed by atoms with Crippen LogP contribution in [-0.4, -0.2) is 37.2 Å². The molecule has 0 aliphatic heterocycles. The number of ether oxygens (including phenoxy) is 3. The van der Waals surface area contributed by atoms with Crippen LogP contribution in [0.3, 0.4) is 0 Å². The van der Waals surface area contributed by atoms with Crippen molar-refractivity contribution in [2.45, 2.75) is 284 Å². The SMILES string of the molecule is CC/C=C\C/C=C\C/C=C\C/C=C\CCCCCCC(=O)OC(COC(=O)CC/C=C\C/C=C\C/C=C\C/C=C\CC)COC(=O)CCCCCCCCCCCCCCC/C=C\CCCCCCCCCC.